The van der Waals surface area contributed by atoms with Crippen LogP contribution in [0.5, 0.6) is 0 Å². The van der Waals surface area contributed by atoms with Gasteiger partial charge in [-0.2, -0.15) is 0 Å². The molecule has 6 unspecified atom stereocenters. The summed E-state index contributed by atoms with van der Waals surface area (Å²) in [6, 6.07) is 0. The minimum atomic E-state index is -0.599. The largest absolute Gasteiger partial charge is 0.449 e. The molecule has 0 aliphatic heterocycles. The van der Waals surface area contributed by atoms with E-state index < -0.39 is 12.1 Å². The van der Waals surface area contributed by atoms with Gasteiger partial charge in [-0.15, -0.1) is 13.2 Å². The van der Waals surface area contributed by atoms with E-state index in [1.54, 1.807) is 6.92 Å². The van der Waals surface area contributed by atoms with Crippen LogP contribution in [-0.2, 0) is 14.3 Å². The highest BCUT2D eigenvalue weighted by molar-refractivity contribution is 5.87. The number of alkyl carbamates (subject to hydrolysis) is 1. The fraction of sp³-hybridized carbons (Fsp3) is 0.655. The van der Waals surface area contributed by atoms with Crippen molar-refractivity contribution < 1.29 is 19.1 Å². The second-order valence-electron chi connectivity index (χ2n) is 8.53. The number of hydrogen-bond acceptors (Lipinski definition) is 5. The number of hydrogen-bond donors (Lipinski definition) is 2. The number of nitrogens with one attached hydrogen (secondary N) is 1. The summed E-state index contributed by atoms with van der Waals surface area (Å²) in [6.45, 7) is 13.7. The van der Waals surface area contributed by atoms with Crippen LogP contribution >= 0.6 is 0 Å². The van der Waals surface area contributed by atoms with Crippen molar-refractivity contribution in [1.82, 2.24) is 5.32 Å². The predicted molar refractivity (Wildman–Crippen MR) is 152 cm³/mol. The number of nitrogens with two attached hydrogens (primary N) is 1. The molecule has 35 heavy (non-hydrogen) atoms. The monoisotopic (exact) mass is 496 g/mol. The fourth-order valence-corrected chi connectivity index (χ4v) is 4.56. The first-order valence-corrected chi connectivity index (χ1v) is 10.7. The molecule has 0 aromatic rings. The molecule has 3 N–H and O–H groups in total. The van der Waals surface area contributed by atoms with Gasteiger partial charge in [0.2, 0.25) is 0 Å². The Labute approximate surface area is 217 Å². The summed E-state index contributed by atoms with van der Waals surface area (Å²) in [7, 11) is 0. The third-order valence-corrected chi connectivity index (χ3v) is 6.34. The third-order valence-electron chi connectivity index (χ3n) is 6.34. The Morgan fingerprint density at radius 2 is 1.49 bits per heavy atom. The molecule has 6 atom stereocenters. The van der Waals surface area contributed by atoms with Crippen LogP contribution in [0.3, 0.4) is 0 Å². The van der Waals surface area contributed by atoms with Crippen LogP contribution in [0.2, 0.25) is 0 Å². The molecule has 2 rings (SSSR count). The van der Waals surface area contributed by atoms with Crippen LogP contribution in [0.25, 0.3) is 0 Å². The summed E-state index contributed by atoms with van der Waals surface area (Å²) < 4.78 is 10.2. The Morgan fingerprint density at radius 1 is 0.886 bits per heavy atom. The lowest BCUT2D eigenvalue weighted by Crippen LogP contribution is -2.30. The summed E-state index contributed by atoms with van der Waals surface area (Å²) in [5, 5.41) is 2.41. The molecule has 0 spiro atoms. The average molecular weight is 497 g/mol. The molecule has 0 heterocycles. The van der Waals surface area contributed by atoms with Crippen molar-refractivity contribution >= 4 is 12.1 Å². The SMILES string of the molecule is C.C.C.C.C.C=CC1CC(/C=C\C2CC(C=C)C(COC(=O)NCOC(=O)C(=C)C)C2)C(CN)C1. The first-order chi connectivity index (χ1) is 14.4. The molecule has 0 radical (unpaired) electrons. The first kappa shape index (κ1) is 39.9. The highest BCUT2D eigenvalue weighted by Crippen LogP contribution is 2.41. The van der Waals surface area contributed by atoms with E-state index in [2.05, 4.69) is 43.3 Å². The van der Waals surface area contributed by atoms with Crippen molar-refractivity contribution in [2.45, 2.75) is 69.7 Å². The maximum absolute atomic E-state index is 11.8. The van der Waals surface area contributed by atoms with E-state index in [0.717, 1.165) is 25.7 Å². The van der Waals surface area contributed by atoms with Crippen LogP contribution in [0.4, 0.5) is 4.79 Å². The van der Waals surface area contributed by atoms with Crippen molar-refractivity contribution in [1.29, 1.82) is 0 Å². The van der Waals surface area contributed by atoms with Gasteiger partial charge in [-0.05, 0) is 68.7 Å². The third kappa shape index (κ3) is 12.3. The van der Waals surface area contributed by atoms with Crippen LogP contribution in [0.15, 0.2) is 49.6 Å². The lowest BCUT2D eigenvalue weighted by molar-refractivity contribution is -0.139. The highest BCUT2D eigenvalue weighted by Gasteiger charge is 2.33. The lowest BCUT2D eigenvalue weighted by atomic mass is 9.93. The van der Waals surface area contributed by atoms with Gasteiger partial charge < -0.3 is 15.2 Å². The Morgan fingerprint density at radius 3 is 2.03 bits per heavy atom. The summed E-state index contributed by atoms with van der Waals surface area (Å²) in [6.07, 6.45) is 12.3. The van der Waals surface area contributed by atoms with Crippen molar-refractivity contribution in [2.24, 2.45) is 41.2 Å². The molecular formula is C29H56N2O4. The van der Waals surface area contributed by atoms with Gasteiger partial charge in [-0.1, -0.05) is 68.0 Å². The minimum absolute atomic E-state index is 0. The maximum atomic E-state index is 11.8. The minimum Gasteiger partial charge on any atom is -0.449 e. The van der Waals surface area contributed by atoms with Crippen LogP contribution in [0, 0.1) is 35.5 Å². The van der Waals surface area contributed by atoms with E-state index in [-0.39, 0.29) is 55.4 Å². The molecule has 6 nitrogen and oxygen atoms in total. The number of ether oxygens (including phenoxy) is 2. The first-order valence-electron chi connectivity index (χ1n) is 10.7. The van der Waals surface area contributed by atoms with Crippen LogP contribution < -0.4 is 11.1 Å². The molecule has 2 aliphatic rings. The van der Waals surface area contributed by atoms with Gasteiger partial charge in [-0.3, -0.25) is 5.32 Å². The molecule has 1 amide bonds. The Bertz CT molecular complexity index is 674. The van der Waals surface area contributed by atoms with E-state index in [1.807, 2.05) is 6.08 Å². The number of rotatable bonds is 10. The Hall–Kier alpha value is -2.34. The standard InChI is InChI=1S/C24H36N2O4.5CH4/c1-5-17-9-20(21(10-17)13-25)8-7-18-11-19(6-2)22(12-18)14-29-24(28)26-15-30-23(27)16(3)4;;;;;/h5-8,17-22H,1-3,9-15,25H2,4H3,(H,26,28);5*1H4/b8-7-;;;;;. The molecule has 2 saturated carbocycles. The Kier molecular flexibility index (Phi) is 22.7. The van der Waals surface area contributed by atoms with Crippen molar-refractivity contribution in [2.75, 3.05) is 19.9 Å². The number of carbonyl (C=O) groups excluding carboxylic acids is 2. The van der Waals surface area contributed by atoms with Crippen molar-refractivity contribution in [3.05, 3.63) is 49.6 Å². The Balaban J connectivity index is -0.000000961. The topological polar surface area (TPSA) is 90.6 Å². The van der Waals surface area contributed by atoms with E-state index in [4.69, 9.17) is 15.2 Å². The molecule has 0 aromatic carbocycles. The summed E-state index contributed by atoms with van der Waals surface area (Å²) >= 11 is 0. The number of allylic oxidation sites excluding steroid dienone is 4. The van der Waals surface area contributed by atoms with Gasteiger partial charge in [0, 0.05) is 11.5 Å². The van der Waals surface area contributed by atoms with Gasteiger partial charge in [0.05, 0.1) is 6.61 Å². The number of carbonyl (C=O) groups is 2. The summed E-state index contributed by atoms with van der Waals surface area (Å²) in [4.78, 5) is 23.1. The van der Waals surface area contributed by atoms with Crippen LogP contribution in [-0.4, -0.2) is 31.9 Å². The van der Waals surface area contributed by atoms with Crippen molar-refractivity contribution in [3.63, 3.8) is 0 Å². The molecule has 2 fully saturated rings. The van der Waals surface area contributed by atoms with E-state index >= 15 is 0 Å². The molecule has 0 aromatic heterocycles. The molecule has 206 valence electrons. The second kappa shape index (κ2) is 19.9. The van der Waals surface area contributed by atoms with Crippen LogP contribution in [0.1, 0.15) is 69.7 Å². The van der Waals surface area contributed by atoms with Gasteiger partial charge in [0.1, 0.15) is 0 Å². The summed E-state index contributed by atoms with van der Waals surface area (Å²) in [5.74, 6) is 2.05. The predicted octanol–water partition coefficient (Wildman–Crippen LogP) is 7.14. The quantitative estimate of drug-likeness (QED) is 0.145. The molecule has 0 bridgehead atoms. The highest BCUT2D eigenvalue weighted by atomic mass is 16.6. The van der Waals surface area contributed by atoms with Gasteiger partial charge >= 0.3 is 12.1 Å². The van der Waals surface area contributed by atoms with Gasteiger partial charge in [-0.25, -0.2) is 9.59 Å². The molecule has 6 heteroatoms. The molecule has 2 aliphatic carbocycles. The van der Waals surface area contributed by atoms with Gasteiger partial charge in [0.25, 0.3) is 0 Å². The lowest BCUT2D eigenvalue weighted by Gasteiger charge is -2.16. The second-order valence-corrected chi connectivity index (χ2v) is 8.53. The van der Waals surface area contributed by atoms with Crippen molar-refractivity contribution in [3.8, 4) is 0 Å². The number of esters is 1. The molecule has 0 saturated heterocycles. The van der Waals surface area contributed by atoms with Gasteiger partial charge in [0.15, 0.2) is 6.73 Å². The maximum Gasteiger partial charge on any atom is 0.409 e. The zero-order chi connectivity index (χ0) is 22.1. The zero-order valence-corrected chi connectivity index (χ0v) is 18.1. The number of amides is 1. The summed E-state index contributed by atoms with van der Waals surface area (Å²) in [5.41, 5.74) is 6.23. The normalized spacial score (nSPS) is 26.3. The smallest absolute Gasteiger partial charge is 0.409 e. The molecular weight excluding hydrogens is 440 g/mol. The van der Waals surface area contributed by atoms with E-state index in [1.165, 1.54) is 0 Å². The fourth-order valence-electron chi connectivity index (χ4n) is 4.56. The van der Waals surface area contributed by atoms with E-state index in [0.29, 0.717) is 42.7 Å². The average Bonchev–Trinajstić information content (AvgIpc) is 3.33. The van der Waals surface area contributed by atoms with E-state index in [9.17, 15) is 9.59 Å². The zero-order valence-electron chi connectivity index (χ0n) is 18.1.